The lowest BCUT2D eigenvalue weighted by Gasteiger charge is -2.26. The Bertz CT molecular complexity index is 501. The topological polar surface area (TPSA) is 29.5 Å². The van der Waals surface area contributed by atoms with Gasteiger partial charge in [0.15, 0.2) is 11.6 Å². The normalized spacial score (nSPS) is 11.3. The standard InChI is InChI=1S/C14H18BrF2NO2/c1-5-18(13(19)20-14(2,3)4)8-9-6-11(16)12(17)7-10(9)15/h6-7H,5,8H2,1-4H3. The van der Waals surface area contributed by atoms with Crippen LogP contribution in [0.4, 0.5) is 13.6 Å². The summed E-state index contributed by atoms with van der Waals surface area (Å²) in [4.78, 5) is 13.4. The SMILES string of the molecule is CCN(Cc1cc(F)c(F)cc1Br)C(=O)OC(C)(C)C. The fraction of sp³-hybridized carbons (Fsp3) is 0.500. The average molecular weight is 350 g/mol. The molecule has 0 aliphatic rings. The van der Waals surface area contributed by atoms with Crippen LogP contribution in [-0.4, -0.2) is 23.1 Å². The molecule has 6 heteroatoms. The molecule has 0 aromatic heterocycles. The smallest absolute Gasteiger partial charge is 0.410 e. The average Bonchev–Trinajstić information content (AvgIpc) is 2.29. The second-order valence-electron chi connectivity index (χ2n) is 5.35. The molecule has 20 heavy (non-hydrogen) atoms. The van der Waals surface area contributed by atoms with E-state index >= 15 is 0 Å². The molecule has 1 aromatic carbocycles. The third kappa shape index (κ3) is 4.74. The van der Waals surface area contributed by atoms with Crippen LogP contribution in [0, 0.1) is 11.6 Å². The molecule has 0 saturated heterocycles. The van der Waals surface area contributed by atoms with Crippen molar-refractivity contribution in [3.05, 3.63) is 33.8 Å². The second-order valence-corrected chi connectivity index (χ2v) is 6.21. The van der Waals surface area contributed by atoms with Crippen molar-refractivity contribution in [1.29, 1.82) is 0 Å². The Hall–Kier alpha value is -1.17. The van der Waals surface area contributed by atoms with E-state index in [0.29, 0.717) is 16.6 Å². The van der Waals surface area contributed by atoms with Crippen LogP contribution >= 0.6 is 15.9 Å². The van der Waals surface area contributed by atoms with E-state index in [1.165, 1.54) is 4.90 Å². The van der Waals surface area contributed by atoms with Gasteiger partial charge in [0, 0.05) is 11.0 Å². The molecule has 0 saturated carbocycles. The van der Waals surface area contributed by atoms with Gasteiger partial charge in [0.25, 0.3) is 0 Å². The van der Waals surface area contributed by atoms with E-state index in [-0.39, 0.29) is 6.54 Å². The third-order valence-corrected chi connectivity index (χ3v) is 3.22. The van der Waals surface area contributed by atoms with Crippen molar-refractivity contribution in [3.63, 3.8) is 0 Å². The first-order valence-electron chi connectivity index (χ1n) is 6.25. The van der Waals surface area contributed by atoms with Gasteiger partial charge in [-0.3, -0.25) is 0 Å². The van der Waals surface area contributed by atoms with Crippen LogP contribution in [0.2, 0.25) is 0 Å². The summed E-state index contributed by atoms with van der Waals surface area (Å²) >= 11 is 3.16. The minimum absolute atomic E-state index is 0.142. The lowest BCUT2D eigenvalue weighted by Crippen LogP contribution is -2.36. The van der Waals surface area contributed by atoms with Gasteiger partial charge in [0.2, 0.25) is 0 Å². The number of carbonyl (C=O) groups is 1. The predicted molar refractivity (Wildman–Crippen MR) is 76.4 cm³/mol. The highest BCUT2D eigenvalue weighted by Gasteiger charge is 2.22. The number of halogens is 3. The predicted octanol–water partition coefficient (Wildman–Crippen LogP) is 4.48. The molecule has 0 spiro atoms. The molecule has 1 rings (SSSR count). The van der Waals surface area contributed by atoms with Crippen molar-refractivity contribution in [3.8, 4) is 0 Å². The summed E-state index contributed by atoms with van der Waals surface area (Å²) < 4.78 is 32.0. The Kier molecular flexibility index (Phi) is 5.50. The lowest BCUT2D eigenvalue weighted by atomic mass is 10.2. The minimum Gasteiger partial charge on any atom is -0.444 e. The number of ether oxygens (including phenoxy) is 1. The molecule has 0 bridgehead atoms. The van der Waals surface area contributed by atoms with Crippen molar-refractivity contribution in [2.24, 2.45) is 0 Å². The molecule has 0 atom stereocenters. The lowest BCUT2D eigenvalue weighted by molar-refractivity contribution is 0.0244. The van der Waals surface area contributed by atoms with Crippen molar-refractivity contribution < 1.29 is 18.3 Å². The van der Waals surface area contributed by atoms with Gasteiger partial charge in [-0.25, -0.2) is 13.6 Å². The van der Waals surface area contributed by atoms with E-state index in [0.717, 1.165) is 12.1 Å². The van der Waals surface area contributed by atoms with Gasteiger partial charge < -0.3 is 9.64 Å². The number of rotatable bonds is 3. The zero-order valence-corrected chi connectivity index (χ0v) is 13.6. The molecule has 0 fully saturated rings. The molecule has 0 unspecified atom stereocenters. The number of hydrogen-bond acceptors (Lipinski definition) is 2. The van der Waals surface area contributed by atoms with Gasteiger partial charge in [-0.15, -0.1) is 0 Å². The maximum absolute atomic E-state index is 13.3. The summed E-state index contributed by atoms with van der Waals surface area (Å²) in [5, 5.41) is 0. The van der Waals surface area contributed by atoms with E-state index in [4.69, 9.17) is 4.74 Å². The van der Waals surface area contributed by atoms with Crippen LogP contribution in [0.15, 0.2) is 16.6 Å². The zero-order chi connectivity index (χ0) is 15.5. The second kappa shape index (κ2) is 6.52. The molecule has 0 radical (unpaired) electrons. The van der Waals surface area contributed by atoms with Crippen LogP contribution in [0.25, 0.3) is 0 Å². The van der Waals surface area contributed by atoms with Gasteiger partial charge in [0.1, 0.15) is 5.60 Å². The van der Waals surface area contributed by atoms with Gasteiger partial charge in [-0.05, 0) is 45.4 Å². The number of hydrogen-bond donors (Lipinski definition) is 0. The number of carbonyl (C=O) groups excluding carboxylic acids is 1. The Morgan fingerprint density at radius 3 is 2.35 bits per heavy atom. The van der Waals surface area contributed by atoms with Gasteiger partial charge in [-0.1, -0.05) is 15.9 Å². The maximum atomic E-state index is 13.3. The third-order valence-electron chi connectivity index (χ3n) is 2.48. The van der Waals surface area contributed by atoms with Gasteiger partial charge >= 0.3 is 6.09 Å². The number of amides is 1. The van der Waals surface area contributed by atoms with E-state index in [1.807, 2.05) is 0 Å². The summed E-state index contributed by atoms with van der Waals surface area (Å²) in [5.74, 6) is -1.87. The molecular weight excluding hydrogens is 332 g/mol. The van der Waals surface area contributed by atoms with Gasteiger partial charge in [-0.2, -0.15) is 0 Å². The van der Waals surface area contributed by atoms with Crippen LogP contribution < -0.4 is 0 Å². The Morgan fingerprint density at radius 1 is 1.30 bits per heavy atom. The van der Waals surface area contributed by atoms with Crippen molar-refractivity contribution in [2.75, 3.05) is 6.54 Å². The molecule has 3 nitrogen and oxygen atoms in total. The molecule has 1 amide bonds. The first-order valence-corrected chi connectivity index (χ1v) is 7.04. The summed E-state index contributed by atoms with van der Waals surface area (Å²) in [7, 11) is 0. The van der Waals surface area contributed by atoms with Crippen LogP contribution in [0.5, 0.6) is 0 Å². The molecule has 1 aromatic rings. The first-order chi connectivity index (χ1) is 9.14. The number of nitrogens with zero attached hydrogens (tertiary/aromatic N) is 1. The summed E-state index contributed by atoms with van der Waals surface area (Å²) in [5.41, 5.74) is -0.118. The molecule has 112 valence electrons. The van der Waals surface area contributed by atoms with Crippen molar-refractivity contribution in [1.82, 2.24) is 4.90 Å². The van der Waals surface area contributed by atoms with Crippen LogP contribution in [0.3, 0.4) is 0 Å². The van der Waals surface area contributed by atoms with Crippen LogP contribution in [0.1, 0.15) is 33.3 Å². The molecular formula is C14H18BrF2NO2. The molecule has 0 aliphatic heterocycles. The monoisotopic (exact) mass is 349 g/mol. The fourth-order valence-corrected chi connectivity index (χ4v) is 1.96. The quantitative estimate of drug-likeness (QED) is 0.752. The number of benzene rings is 1. The minimum atomic E-state index is -0.941. The van der Waals surface area contributed by atoms with Crippen LogP contribution in [-0.2, 0) is 11.3 Å². The van der Waals surface area contributed by atoms with Crippen molar-refractivity contribution in [2.45, 2.75) is 39.8 Å². The van der Waals surface area contributed by atoms with E-state index in [9.17, 15) is 13.6 Å². The highest BCUT2D eigenvalue weighted by Crippen LogP contribution is 2.23. The Balaban J connectivity index is 2.89. The highest BCUT2D eigenvalue weighted by molar-refractivity contribution is 9.10. The summed E-state index contributed by atoms with van der Waals surface area (Å²) in [6.07, 6.45) is -0.489. The summed E-state index contributed by atoms with van der Waals surface area (Å²) in [6.45, 7) is 7.64. The maximum Gasteiger partial charge on any atom is 0.410 e. The van der Waals surface area contributed by atoms with Gasteiger partial charge in [0.05, 0.1) is 6.54 Å². The highest BCUT2D eigenvalue weighted by atomic mass is 79.9. The molecule has 0 aliphatic carbocycles. The molecule has 0 N–H and O–H groups in total. The van der Waals surface area contributed by atoms with E-state index in [2.05, 4.69) is 15.9 Å². The fourth-order valence-electron chi connectivity index (χ4n) is 1.52. The zero-order valence-electron chi connectivity index (χ0n) is 12.0. The van der Waals surface area contributed by atoms with Crippen molar-refractivity contribution >= 4 is 22.0 Å². The van der Waals surface area contributed by atoms with E-state index < -0.39 is 23.3 Å². The Labute approximate surface area is 126 Å². The largest absolute Gasteiger partial charge is 0.444 e. The Morgan fingerprint density at radius 2 is 1.85 bits per heavy atom. The van der Waals surface area contributed by atoms with E-state index in [1.54, 1.807) is 27.7 Å². The first kappa shape index (κ1) is 16.9. The summed E-state index contributed by atoms with van der Waals surface area (Å²) in [6, 6.07) is 2.13. The molecule has 0 heterocycles.